The first-order valence-corrected chi connectivity index (χ1v) is 10.8. The number of amides is 1. The molecule has 1 aliphatic heterocycles. The van der Waals surface area contributed by atoms with Crippen molar-refractivity contribution < 1.29 is 4.79 Å². The van der Waals surface area contributed by atoms with E-state index in [9.17, 15) is 4.79 Å². The van der Waals surface area contributed by atoms with Crippen LogP contribution in [0.15, 0.2) is 29.3 Å². The van der Waals surface area contributed by atoms with Gasteiger partial charge in [-0.05, 0) is 38.1 Å². The van der Waals surface area contributed by atoms with E-state index in [4.69, 9.17) is 11.6 Å². The molecule has 1 fully saturated rings. The lowest BCUT2D eigenvalue weighted by Gasteiger charge is -2.36. The number of hydrogen-bond donors (Lipinski definition) is 2. The summed E-state index contributed by atoms with van der Waals surface area (Å²) in [5.41, 5.74) is 2.19. The van der Waals surface area contributed by atoms with Crippen LogP contribution in [0.3, 0.4) is 0 Å². The van der Waals surface area contributed by atoms with Crippen LogP contribution in [0.25, 0.3) is 0 Å². The molecule has 1 aromatic carbocycles. The molecule has 29 heavy (non-hydrogen) atoms. The fraction of sp³-hybridized carbons (Fsp3) is 0.450. The molecule has 2 heterocycles. The van der Waals surface area contributed by atoms with E-state index in [1.54, 1.807) is 18.4 Å². The van der Waals surface area contributed by atoms with Gasteiger partial charge in [-0.25, -0.2) is 4.98 Å². The van der Waals surface area contributed by atoms with Gasteiger partial charge >= 0.3 is 0 Å². The lowest BCUT2D eigenvalue weighted by Crippen LogP contribution is -2.52. The molecule has 2 aromatic rings. The molecule has 0 bridgehead atoms. The fourth-order valence-corrected chi connectivity index (χ4v) is 4.13. The highest BCUT2D eigenvalue weighted by Crippen LogP contribution is 2.19. The number of nitrogens with one attached hydrogen (secondary N) is 2. The van der Waals surface area contributed by atoms with Gasteiger partial charge in [0, 0.05) is 48.8 Å². The Bertz CT molecular complexity index is 839. The van der Waals surface area contributed by atoms with Crippen LogP contribution in [-0.4, -0.2) is 61.5 Å². The van der Waals surface area contributed by atoms with E-state index in [0.29, 0.717) is 25.6 Å². The standard InChI is InChI=1S/C20H27ClN6OS/c1-14-15(2)29-18(25-14)12-23-20(22-3)24-13-19(28)27-10-8-26(9-11-27)17-6-4-16(21)5-7-17/h4-7H,8-13H2,1-3H3,(H2,22,23,24). The quantitative estimate of drug-likeness (QED) is 0.558. The number of aromatic nitrogens is 1. The van der Waals surface area contributed by atoms with E-state index in [1.165, 1.54) is 4.88 Å². The van der Waals surface area contributed by atoms with Crippen LogP contribution < -0.4 is 15.5 Å². The molecular weight excluding hydrogens is 408 g/mol. The summed E-state index contributed by atoms with van der Waals surface area (Å²) in [6.07, 6.45) is 0. The maximum absolute atomic E-state index is 12.6. The normalized spacial score (nSPS) is 14.8. The summed E-state index contributed by atoms with van der Waals surface area (Å²) < 4.78 is 0. The van der Waals surface area contributed by atoms with E-state index in [0.717, 1.165) is 34.5 Å². The molecule has 2 N–H and O–H groups in total. The molecule has 0 atom stereocenters. The van der Waals surface area contributed by atoms with Crippen LogP contribution in [0, 0.1) is 13.8 Å². The predicted octanol–water partition coefficient (Wildman–Crippen LogP) is 2.43. The third-order valence-electron chi connectivity index (χ3n) is 4.93. The third-order valence-corrected chi connectivity index (χ3v) is 6.26. The average molecular weight is 435 g/mol. The van der Waals surface area contributed by atoms with E-state index < -0.39 is 0 Å². The summed E-state index contributed by atoms with van der Waals surface area (Å²) in [5.74, 6) is 0.674. The molecule has 1 saturated heterocycles. The number of halogens is 1. The Kier molecular flexibility index (Phi) is 7.33. The molecule has 0 unspecified atom stereocenters. The van der Waals surface area contributed by atoms with Crippen molar-refractivity contribution in [3.8, 4) is 0 Å². The second-order valence-electron chi connectivity index (χ2n) is 6.87. The van der Waals surface area contributed by atoms with Crippen molar-refractivity contribution in [3.05, 3.63) is 44.9 Å². The van der Waals surface area contributed by atoms with Gasteiger partial charge in [0.1, 0.15) is 5.01 Å². The van der Waals surface area contributed by atoms with E-state index in [-0.39, 0.29) is 12.5 Å². The number of carbonyl (C=O) groups excluding carboxylic acids is 1. The number of anilines is 1. The number of hydrogen-bond acceptors (Lipinski definition) is 5. The SMILES string of the molecule is CN=C(NCC(=O)N1CCN(c2ccc(Cl)cc2)CC1)NCc1nc(C)c(C)s1. The molecule has 0 saturated carbocycles. The molecule has 1 aromatic heterocycles. The van der Waals surface area contributed by atoms with E-state index >= 15 is 0 Å². The van der Waals surface area contributed by atoms with Crippen molar-refractivity contribution in [2.24, 2.45) is 4.99 Å². The molecule has 9 heteroatoms. The molecular formula is C20H27ClN6OS. The smallest absolute Gasteiger partial charge is 0.242 e. The van der Waals surface area contributed by atoms with Crippen LogP contribution in [0.1, 0.15) is 15.6 Å². The van der Waals surface area contributed by atoms with Gasteiger partial charge in [-0.15, -0.1) is 11.3 Å². The van der Waals surface area contributed by atoms with Crippen molar-refractivity contribution in [2.75, 3.05) is 44.7 Å². The van der Waals surface area contributed by atoms with Crippen LogP contribution in [-0.2, 0) is 11.3 Å². The Morgan fingerprint density at radius 1 is 1.17 bits per heavy atom. The number of benzene rings is 1. The van der Waals surface area contributed by atoms with Gasteiger partial charge in [-0.3, -0.25) is 9.79 Å². The summed E-state index contributed by atoms with van der Waals surface area (Å²) in [6, 6.07) is 7.82. The summed E-state index contributed by atoms with van der Waals surface area (Å²) in [5, 5.41) is 8.06. The van der Waals surface area contributed by atoms with Gasteiger partial charge in [0.2, 0.25) is 5.91 Å². The Balaban J connectivity index is 1.42. The zero-order valence-corrected chi connectivity index (χ0v) is 18.6. The largest absolute Gasteiger partial charge is 0.368 e. The van der Waals surface area contributed by atoms with Gasteiger partial charge in [-0.1, -0.05) is 11.6 Å². The Labute approximate surface area is 180 Å². The van der Waals surface area contributed by atoms with Gasteiger partial charge in [0.25, 0.3) is 0 Å². The van der Waals surface area contributed by atoms with Gasteiger partial charge in [-0.2, -0.15) is 0 Å². The van der Waals surface area contributed by atoms with Crippen LogP contribution >= 0.6 is 22.9 Å². The molecule has 0 spiro atoms. The maximum atomic E-state index is 12.6. The third kappa shape index (κ3) is 5.83. The molecule has 0 radical (unpaired) electrons. The highest BCUT2D eigenvalue weighted by atomic mass is 35.5. The van der Waals surface area contributed by atoms with Crippen molar-refractivity contribution >= 4 is 40.5 Å². The van der Waals surface area contributed by atoms with Crippen molar-refractivity contribution in [2.45, 2.75) is 20.4 Å². The van der Waals surface area contributed by atoms with Crippen molar-refractivity contribution in [3.63, 3.8) is 0 Å². The number of guanidine groups is 1. The number of rotatable bonds is 5. The fourth-order valence-electron chi connectivity index (χ4n) is 3.13. The summed E-state index contributed by atoms with van der Waals surface area (Å²) in [7, 11) is 1.70. The van der Waals surface area contributed by atoms with Gasteiger partial charge in [0.15, 0.2) is 5.96 Å². The van der Waals surface area contributed by atoms with Gasteiger partial charge < -0.3 is 20.4 Å². The number of aliphatic imine (C=N–C) groups is 1. The number of carbonyl (C=O) groups is 1. The number of aryl methyl sites for hydroxylation is 2. The highest BCUT2D eigenvalue weighted by molar-refractivity contribution is 7.11. The maximum Gasteiger partial charge on any atom is 0.242 e. The van der Waals surface area contributed by atoms with Crippen LogP contribution in [0.2, 0.25) is 5.02 Å². The summed E-state index contributed by atoms with van der Waals surface area (Å²) in [6.45, 7) is 7.90. The molecule has 0 aliphatic carbocycles. The van der Waals surface area contributed by atoms with E-state index in [2.05, 4.69) is 32.4 Å². The minimum Gasteiger partial charge on any atom is -0.368 e. The summed E-state index contributed by atoms with van der Waals surface area (Å²) >= 11 is 7.63. The van der Waals surface area contributed by atoms with Crippen LogP contribution in [0.5, 0.6) is 0 Å². The van der Waals surface area contributed by atoms with Crippen LogP contribution in [0.4, 0.5) is 5.69 Å². The first kappa shape index (κ1) is 21.4. The molecule has 1 amide bonds. The lowest BCUT2D eigenvalue weighted by molar-refractivity contribution is -0.130. The molecule has 3 rings (SSSR count). The first-order chi connectivity index (χ1) is 14.0. The zero-order valence-electron chi connectivity index (χ0n) is 17.0. The minimum absolute atomic E-state index is 0.0737. The monoisotopic (exact) mass is 434 g/mol. The second kappa shape index (κ2) is 9.93. The lowest BCUT2D eigenvalue weighted by atomic mass is 10.2. The molecule has 7 nitrogen and oxygen atoms in total. The number of nitrogens with zero attached hydrogens (tertiary/aromatic N) is 4. The van der Waals surface area contributed by atoms with Crippen molar-refractivity contribution in [1.29, 1.82) is 0 Å². The molecule has 1 aliphatic rings. The second-order valence-corrected chi connectivity index (χ2v) is 8.60. The predicted molar refractivity (Wildman–Crippen MR) is 120 cm³/mol. The number of piperazine rings is 1. The van der Waals surface area contributed by atoms with E-state index in [1.807, 2.05) is 36.1 Å². The average Bonchev–Trinajstić information content (AvgIpc) is 3.06. The highest BCUT2D eigenvalue weighted by Gasteiger charge is 2.21. The first-order valence-electron chi connectivity index (χ1n) is 9.62. The Hall–Kier alpha value is -2.32. The van der Waals surface area contributed by atoms with Gasteiger partial charge in [0.05, 0.1) is 18.8 Å². The minimum atomic E-state index is 0.0737. The summed E-state index contributed by atoms with van der Waals surface area (Å²) in [4.78, 5) is 26.6. The topological polar surface area (TPSA) is 72.9 Å². The molecule has 156 valence electrons. The Morgan fingerprint density at radius 3 is 2.45 bits per heavy atom. The Morgan fingerprint density at radius 2 is 1.86 bits per heavy atom. The van der Waals surface area contributed by atoms with Crippen molar-refractivity contribution in [1.82, 2.24) is 20.5 Å². The number of thiazole rings is 1. The zero-order chi connectivity index (χ0) is 20.8.